The predicted molar refractivity (Wildman–Crippen MR) is 121 cm³/mol. The SMILES string of the molecule is CCCCCCOC(=O)c1ccc(NC(=O)c2c(-c3ccccc3Cl)noc2C)cc1. The molecule has 0 radical (unpaired) electrons. The fourth-order valence-electron chi connectivity index (χ4n) is 3.14. The van der Waals surface area contributed by atoms with Gasteiger partial charge in [0.05, 0.1) is 17.2 Å². The van der Waals surface area contributed by atoms with Gasteiger partial charge < -0.3 is 14.6 Å². The predicted octanol–water partition coefficient (Wildman–Crippen LogP) is 6.29. The summed E-state index contributed by atoms with van der Waals surface area (Å²) in [4.78, 5) is 25.0. The highest BCUT2D eigenvalue weighted by Gasteiger charge is 2.23. The number of unbranched alkanes of at least 4 members (excludes halogenated alkanes) is 3. The van der Waals surface area contributed by atoms with Crippen LogP contribution in [0.25, 0.3) is 11.3 Å². The molecule has 162 valence electrons. The molecule has 0 aliphatic carbocycles. The Balaban J connectivity index is 1.66. The molecule has 31 heavy (non-hydrogen) atoms. The second-order valence-electron chi connectivity index (χ2n) is 7.17. The molecule has 1 N–H and O–H groups in total. The smallest absolute Gasteiger partial charge is 0.338 e. The van der Waals surface area contributed by atoms with Crippen molar-refractivity contribution in [3.05, 3.63) is 70.4 Å². The fourth-order valence-corrected chi connectivity index (χ4v) is 3.36. The molecule has 6 nitrogen and oxygen atoms in total. The number of aryl methyl sites for hydroxylation is 1. The second-order valence-corrected chi connectivity index (χ2v) is 7.58. The molecule has 0 unspecified atom stereocenters. The molecule has 0 fully saturated rings. The van der Waals surface area contributed by atoms with E-state index in [1.807, 2.05) is 6.07 Å². The minimum absolute atomic E-state index is 0.309. The first-order valence-corrected chi connectivity index (χ1v) is 10.7. The standard InChI is InChI=1S/C24H25ClN2O4/c1-3-4-5-8-15-30-24(29)17-11-13-18(14-12-17)26-23(28)21-16(2)31-27-22(21)19-9-6-7-10-20(19)25/h6-7,9-14H,3-5,8,15H2,1-2H3,(H,26,28). The zero-order chi connectivity index (χ0) is 22.2. The molecule has 0 atom stereocenters. The molecule has 0 spiro atoms. The highest BCUT2D eigenvalue weighted by molar-refractivity contribution is 6.33. The average Bonchev–Trinajstić information content (AvgIpc) is 3.15. The largest absolute Gasteiger partial charge is 0.462 e. The van der Waals surface area contributed by atoms with Gasteiger partial charge in [0.15, 0.2) is 0 Å². The molecule has 0 aliphatic heterocycles. The quantitative estimate of drug-likeness (QED) is 0.312. The number of nitrogens with one attached hydrogen (secondary N) is 1. The van der Waals surface area contributed by atoms with Gasteiger partial charge in [0.1, 0.15) is 17.0 Å². The van der Waals surface area contributed by atoms with Crippen molar-refractivity contribution in [1.29, 1.82) is 0 Å². The Kier molecular flexibility index (Phi) is 7.84. The van der Waals surface area contributed by atoms with E-state index in [4.69, 9.17) is 20.9 Å². The van der Waals surface area contributed by atoms with E-state index >= 15 is 0 Å². The van der Waals surface area contributed by atoms with Gasteiger partial charge in [-0.2, -0.15) is 0 Å². The van der Waals surface area contributed by atoms with Crippen molar-refractivity contribution in [2.24, 2.45) is 0 Å². The third-order valence-electron chi connectivity index (χ3n) is 4.83. The Labute approximate surface area is 186 Å². The molecular formula is C24H25ClN2O4. The summed E-state index contributed by atoms with van der Waals surface area (Å²) in [5, 5.41) is 7.30. The van der Waals surface area contributed by atoms with Crippen LogP contribution in [0, 0.1) is 6.92 Å². The molecule has 0 saturated heterocycles. The number of halogens is 1. The number of ether oxygens (including phenoxy) is 1. The lowest BCUT2D eigenvalue weighted by Crippen LogP contribution is -2.14. The molecule has 3 aromatic rings. The molecule has 0 bridgehead atoms. The van der Waals surface area contributed by atoms with E-state index in [2.05, 4.69) is 17.4 Å². The summed E-state index contributed by atoms with van der Waals surface area (Å²) in [5.41, 5.74) is 2.28. The van der Waals surface area contributed by atoms with Gasteiger partial charge in [-0.25, -0.2) is 4.79 Å². The van der Waals surface area contributed by atoms with Gasteiger partial charge in [0.25, 0.3) is 5.91 Å². The maximum Gasteiger partial charge on any atom is 0.338 e. The number of aromatic nitrogens is 1. The summed E-state index contributed by atoms with van der Waals surface area (Å²) in [6.45, 7) is 4.21. The van der Waals surface area contributed by atoms with E-state index in [0.717, 1.165) is 25.7 Å². The molecule has 0 saturated carbocycles. The first-order chi connectivity index (χ1) is 15.0. The van der Waals surface area contributed by atoms with Crippen molar-refractivity contribution in [2.75, 3.05) is 11.9 Å². The maximum atomic E-state index is 12.9. The Morgan fingerprint density at radius 3 is 2.52 bits per heavy atom. The van der Waals surface area contributed by atoms with Gasteiger partial charge >= 0.3 is 5.97 Å². The zero-order valence-corrected chi connectivity index (χ0v) is 18.4. The van der Waals surface area contributed by atoms with Gasteiger partial charge in [0, 0.05) is 11.3 Å². The maximum absolute atomic E-state index is 12.9. The fraction of sp³-hybridized carbons (Fsp3) is 0.292. The van der Waals surface area contributed by atoms with Crippen molar-refractivity contribution >= 4 is 29.2 Å². The van der Waals surface area contributed by atoms with Gasteiger partial charge in [-0.15, -0.1) is 0 Å². The Hall–Kier alpha value is -3.12. The molecule has 1 heterocycles. The van der Waals surface area contributed by atoms with Gasteiger partial charge in [0.2, 0.25) is 0 Å². The third kappa shape index (κ3) is 5.73. The summed E-state index contributed by atoms with van der Waals surface area (Å²) in [6.07, 6.45) is 4.18. The van der Waals surface area contributed by atoms with Crippen LogP contribution in [0.4, 0.5) is 5.69 Å². The number of amides is 1. The van der Waals surface area contributed by atoms with Crippen molar-refractivity contribution in [1.82, 2.24) is 5.16 Å². The third-order valence-corrected chi connectivity index (χ3v) is 5.16. The molecule has 7 heteroatoms. The number of hydrogen-bond donors (Lipinski definition) is 1. The average molecular weight is 441 g/mol. The number of esters is 1. The zero-order valence-electron chi connectivity index (χ0n) is 17.6. The minimum Gasteiger partial charge on any atom is -0.462 e. The van der Waals surface area contributed by atoms with Gasteiger partial charge in [-0.1, -0.05) is 61.1 Å². The summed E-state index contributed by atoms with van der Waals surface area (Å²) in [6, 6.07) is 13.7. The summed E-state index contributed by atoms with van der Waals surface area (Å²) in [5.74, 6) is -0.360. The van der Waals surface area contributed by atoms with Crippen LogP contribution in [-0.2, 0) is 4.74 Å². The van der Waals surface area contributed by atoms with Crippen LogP contribution in [0.1, 0.15) is 59.1 Å². The topological polar surface area (TPSA) is 81.4 Å². The Morgan fingerprint density at radius 2 is 1.81 bits per heavy atom. The van der Waals surface area contributed by atoms with Crippen LogP contribution in [0.5, 0.6) is 0 Å². The van der Waals surface area contributed by atoms with E-state index in [9.17, 15) is 9.59 Å². The van der Waals surface area contributed by atoms with Crippen molar-refractivity contribution in [3.8, 4) is 11.3 Å². The van der Waals surface area contributed by atoms with E-state index in [1.54, 1.807) is 49.4 Å². The molecule has 3 rings (SSSR count). The summed E-state index contributed by atoms with van der Waals surface area (Å²) < 4.78 is 10.5. The Bertz CT molecular complexity index is 1040. The number of hydrogen-bond acceptors (Lipinski definition) is 5. The summed E-state index contributed by atoms with van der Waals surface area (Å²) >= 11 is 6.26. The highest BCUT2D eigenvalue weighted by Crippen LogP contribution is 2.31. The van der Waals surface area contributed by atoms with E-state index in [0.29, 0.717) is 45.5 Å². The number of rotatable bonds is 9. The van der Waals surface area contributed by atoms with Crippen molar-refractivity contribution in [3.63, 3.8) is 0 Å². The summed E-state index contributed by atoms with van der Waals surface area (Å²) in [7, 11) is 0. The Morgan fingerprint density at radius 1 is 1.06 bits per heavy atom. The van der Waals surface area contributed by atoms with Crippen LogP contribution < -0.4 is 5.32 Å². The number of carbonyl (C=O) groups excluding carboxylic acids is 2. The van der Waals surface area contributed by atoms with Gasteiger partial charge in [-0.3, -0.25) is 4.79 Å². The van der Waals surface area contributed by atoms with E-state index < -0.39 is 0 Å². The van der Waals surface area contributed by atoms with Crippen molar-refractivity contribution < 1.29 is 18.8 Å². The van der Waals surface area contributed by atoms with Crippen LogP contribution >= 0.6 is 11.6 Å². The lowest BCUT2D eigenvalue weighted by atomic mass is 10.1. The van der Waals surface area contributed by atoms with Gasteiger partial charge in [-0.05, 0) is 43.7 Å². The lowest BCUT2D eigenvalue weighted by Gasteiger charge is -2.08. The number of nitrogens with zero attached hydrogens (tertiary/aromatic N) is 1. The van der Waals surface area contributed by atoms with Crippen molar-refractivity contribution in [2.45, 2.75) is 39.5 Å². The number of anilines is 1. The normalized spacial score (nSPS) is 10.7. The minimum atomic E-state index is -0.375. The van der Waals surface area contributed by atoms with Crippen LogP contribution in [0.3, 0.4) is 0 Å². The molecule has 0 aliphatic rings. The number of benzene rings is 2. The van der Waals surface area contributed by atoms with Crippen LogP contribution in [-0.4, -0.2) is 23.6 Å². The first-order valence-electron chi connectivity index (χ1n) is 10.3. The van der Waals surface area contributed by atoms with E-state index in [1.165, 1.54) is 0 Å². The molecular weight excluding hydrogens is 416 g/mol. The number of carbonyl (C=O) groups is 2. The van der Waals surface area contributed by atoms with Crippen LogP contribution in [0.2, 0.25) is 5.02 Å². The van der Waals surface area contributed by atoms with E-state index in [-0.39, 0.29) is 11.9 Å². The first kappa shape index (κ1) is 22.6. The lowest BCUT2D eigenvalue weighted by molar-refractivity contribution is 0.0497. The molecule has 2 aromatic carbocycles. The molecule has 1 amide bonds. The highest BCUT2D eigenvalue weighted by atomic mass is 35.5. The monoisotopic (exact) mass is 440 g/mol. The molecule has 1 aromatic heterocycles. The second kappa shape index (κ2) is 10.8. The van der Waals surface area contributed by atoms with Crippen LogP contribution in [0.15, 0.2) is 53.1 Å².